The molecule has 1 fully saturated rings. The van der Waals surface area contributed by atoms with Gasteiger partial charge in [0.2, 0.25) is 0 Å². The van der Waals surface area contributed by atoms with Gasteiger partial charge in [0.25, 0.3) is 0 Å². The van der Waals surface area contributed by atoms with Crippen LogP contribution in [0.5, 0.6) is 0 Å². The van der Waals surface area contributed by atoms with Gasteiger partial charge < -0.3 is 11.1 Å². The largest absolute Gasteiger partial charge is 0.330 e. The number of hydrogen-bond acceptors (Lipinski definition) is 2. The molecule has 3 unspecified atom stereocenters. The molecule has 0 aliphatic heterocycles. The van der Waals surface area contributed by atoms with Gasteiger partial charge in [-0.15, -0.1) is 0 Å². The number of nitrogens with one attached hydrogen (secondary N) is 1. The van der Waals surface area contributed by atoms with Gasteiger partial charge in [0, 0.05) is 12.1 Å². The highest BCUT2D eigenvalue weighted by molar-refractivity contribution is 5.21. The molecule has 2 nitrogen and oxygen atoms in total. The molecule has 18 heavy (non-hydrogen) atoms. The van der Waals surface area contributed by atoms with Crippen LogP contribution in [0, 0.1) is 17.6 Å². The van der Waals surface area contributed by atoms with Crippen LogP contribution in [-0.2, 0) is 0 Å². The Bertz CT molecular complexity index is 409. The Morgan fingerprint density at radius 3 is 2.78 bits per heavy atom. The minimum atomic E-state index is -0.799. The molecule has 4 heteroatoms. The predicted octanol–water partition coefficient (Wildman–Crippen LogP) is 2.74. The van der Waals surface area contributed by atoms with Crippen LogP contribution in [0.2, 0.25) is 0 Å². The lowest BCUT2D eigenvalue weighted by Gasteiger charge is -2.24. The summed E-state index contributed by atoms with van der Waals surface area (Å²) in [6, 6.07) is 4.47. The maximum atomic E-state index is 13.2. The first kappa shape index (κ1) is 13.4. The van der Waals surface area contributed by atoms with Gasteiger partial charge in [0.15, 0.2) is 11.6 Å². The summed E-state index contributed by atoms with van der Waals surface area (Å²) in [4.78, 5) is 0. The van der Waals surface area contributed by atoms with Crippen LogP contribution in [0.15, 0.2) is 18.2 Å². The van der Waals surface area contributed by atoms with Crippen molar-refractivity contribution in [3.05, 3.63) is 35.4 Å². The maximum absolute atomic E-state index is 13.2. The van der Waals surface area contributed by atoms with Crippen molar-refractivity contribution in [2.24, 2.45) is 11.7 Å². The Kier molecular flexibility index (Phi) is 4.30. The van der Waals surface area contributed by atoms with E-state index in [4.69, 9.17) is 5.73 Å². The molecule has 1 aliphatic rings. The zero-order chi connectivity index (χ0) is 13.1. The van der Waals surface area contributed by atoms with Crippen molar-refractivity contribution in [3.8, 4) is 0 Å². The third-order valence-electron chi connectivity index (χ3n) is 3.87. The van der Waals surface area contributed by atoms with Crippen molar-refractivity contribution in [2.75, 3.05) is 6.54 Å². The summed E-state index contributed by atoms with van der Waals surface area (Å²) in [6.45, 7) is 2.65. The first-order chi connectivity index (χ1) is 8.61. The quantitative estimate of drug-likeness (QED) is 0.867. The lowest BCUT2D eigenvalue weighted by atomic mass is 10.0. The number of hydrogen-bond donors (Lipinski definition) is 2. The third kappa shape index (κ3) is 2.87. The summed E-state index contributed by atoms with van der Waals surface area (Å²) in [6.07, 6.45) is 3.44. The van der Waals surface area contributed by atoms with Gasteiger partial charge in [-0.1, -0.05) is 12.5 Å². The van der Waals surface area contributed by atoms with Gasteiger partial charge in [0.1, 0.15) is 0 Å². The Morgan fingerprint density at radius 2 is 2.11 bits per heavy atom. The molecule has 100 valence electrons. The zero-order valence-corrected chi connectivity index (χ0v) is 10.6. The minimum Gasteiger partial charge on any atom is -0.330 e. The number of nitrogens with two attached hydrogens (primary N) is 1. The molecule has 0 heterocycles. The van der Waals surface area contributed by atoms with Crippen LogP contribution < -0.4 is 11.1 Å². The molecule has 3 N–H and O–H groups in total. The van der Waals surface area contributed by atoms with Crippen LogP contribution in [0.4, 0.5) is 8.78 Å². The zero-order valence-electron chi connectivity index (χ0n) is 10.6. The fraction of sp³-hybridized carbons (Fsp3) is 0.571. The summed E-state index contributed by atoms with van der Waals surface area (Å²) in [7, 11) is 0. The molecular weight excluding hydrogens is 234 g/mol. The first-order valence-corrected chi connectivity index (χ1v) is 6.53. The van der Waals surface area contributed by atoms with E-state index in [9.17, 15) is 8.78 Å². The van der Waals surface area contributed by atoms with Gasteiger partial charge in [0.05, 0.1) is 0 Å². The van der Waals surface area contributed by atoms with E-state index in [1.807, 2.05) is 6.92 Å². The molecule has 2 rings (SSSR count). The molecule has 1 aromatic rings. The minimum absolute atomic E-state index is 0.0113. The van der Waals surface area contributed by atoms with Gasteiger partial charge in [-0.3, -0.25) is 0 Å². The summed E-state index contributed by atoms with van der Waals surface area (Å²) >= 11 is 0. The second-order valence-corrected chi connectivity index (χ2v) is 5.10. The van der Waals surface area contributed by atoms with E-state index in [1.54, 1.807) is 6.07 Å². The van der Waals surface area contributed by atoms with Gasteiger partial charge in [-0.25, -0.2) is 8.78 Å². The fourth-order valence-electron chi connectivity index (χ4n) is 2.74. The second kappa shape index (κ2) is 5.76. The average Bonchev–Trinajstić information content (AvgIpc) is 2.79. The van der Waals surface area contributed by atoms with E-state index in [0.717, 1.165) is 18.4 Å². The molecule has 1 aromatic carbocycles. The van der Waals surface area contributed by atoms with Crippen LogP contribution in [-0.4, -0.2) is 12.6 Å². The SMILES string of the molecule is CC(NC1CCCC1CN)c1ccc(F)c(F)c1. The number of halogens is 2. The van der Waals surface area contributed by atoms with Gasteiger partial charge >= 0.3 is 0 Å². The maximum Gasteiger partial charge on any atom is 0.159 e. The third-order valence-corrected chi connectivity index (χ3v) is 3.87. The van der Waals surface area contributed by atoms with Crippen molar-refractivity contribution in [2.45, 2.75) is 38.3 Å². The number of benzene rings is 1. The molecule has 0 spiro atoms. The smallest absolute Gasteiger partial charge is 0.159 e. The molecule has 3 atom stereocenters. The molecular formula is C14H20F2N2. The topological polar surface area (TPSA) is 38.0 Å². The summed E-state index contributed by atoms with van der Waals surface area (Å²) in [5.41, 5.74) is 6.51. The van der Waals surface area contributed by atoms with Crippen LogP contribution in [0.3, 0.4) is 0 Å². The van der Waals surface area contributed by atoms with Crippen LogP contribution in [0.1, 0.15) is 37.8 Å². The van der Waals surface area contributed by atoms with E-state index in [1.165, 1.54) is 18.6 Å². The Morgan fingerprint density at radius 1 is 1.33 bits per heavy atom. The number of rotatable bonds is 4. The van der Waals surface area contributed by atoms with Gasteiger partial charge in [-0.05, 0) is 49.9 Å². The molecule has 0 radical (unpaired) electrons. The molecule has 0 bridgehead atoms. The Hall–Kier alpha value is -1.00. The van der Waals surface area contributed by atoms with E-state index in [0.29, 0.717) is 18.5 Å². The molecule has 1 aliphatic carbocycles. The van der Waals surface area contributed by atoms with Gasteiger partial charge in [-0.2, -0.15) is 0 Å². The molecule has 1 saturated carbocycles. The van der Waals surface area contributed by atoms with E-state index < -0.39 is 11.6 Å². The predicted molar refractivity (Wildman–Crippen MR) is 68.1 cm³/mol. The highest BCUT2D eigenvalue weighted by Gasteiger charge is 2.27. The standard InChI is InChI=1S/C14H20F2N2/c1-9(10-5-6-12(15)13(16)7-10)18-14-4-2-3-11(14)8-17/h5-7,9,11,14,18H,2-4,8,17H2,1H3. The van der Waals surface area contributed by atoms with Crippen molar-refractivity contribution in [1.82, 2.24) is 5.32 Å². The summed E-state index contributed by atoms with van der Waals surface area (Å²) in [5.74, 6) is -1.09. The second-order valence-electron chi connectivity index (χ2n) is 5.10. The van der Waals surface area contributed by atoms with E-state index in [2.05, 4.69) is 5.32 Å². The Balaban J connectivity index is 2.02. The fourth-order valence-corrected chi connectivity index (χ4v) is 2.74. The van der Waals surface area contributed by atoms with Crippen molar-refractivity contribution in [1.29, 1.82) is 0 Å². The van der Waals surface area contributed by atoms with Crippen molar-refractivity contribution >= 4 is 0 Å². The van der Waals surface area contributed by atoms with Crippen molar-refractivity contribution < 1.29 is 8.78 Å². The van der Waals surface area contributed by atoms with Crippen molar-refractivity contribution in [3.63, 3.8) is 0 Å². The summed E-state index contributed by atoms with van der Waals surface area (Å²) in [5, 5.41) is 3.47. The Labute approximate surface area is 107 Å². The summed E-state index contributed by atoms with van der Waals surface area (Å²) < 4.78 is 26.0. The lowest BCUT2D eigenvalue weighted by Crippen LogP contribution is -2.37. The highest BCUT2D eigenvalue weighted by atomic mass is 19.2. The van der Waals surface area contributed by atoms with Crippen LogP contribution >= 0.6 is 0 Å². The monoisotopic (exact) mass is 254 g/mol. The molecule has 0 amide bonds. The molecule has 0 aromatic heterocycles. The lowest BCUT2D eigenvalue weighted by molar-refractivity contribution is 0.372. The highest BCUT2D eigenvalue weighted by Crippen LogP contribution is 2.27. The van der Waals surface area contributed by atoms with Crippen LogP contribution in [0.25, 0.3) is 0 Å². The first-order valence-electron chi connectivity index (χ1n) is 6.53. The van der Waals surface area contributed by atoms with E-state index >= 15 is 0 Å². The normalized spacial score (nSPS) is 25.3. The average molecular weight is 254 g/mol. The molecule has 0 saturated heterocycles. The van der Waals surface area contributed by atoms with E-state index in [-0.39, 0.29) is 6.04 Å².